The molecule has 8 nitrogen and oxygen atoms in total. The zero-order valence-electron chi connectivity index (χ0n) is 13.8. The molecular formula is C17H17N3O5. The molecule has 1 atom stereocenters. The van der Waals surface area contributed by atoms with Crippen molar-refractivity contribution < 1.29 is 19.4 Å². The molecule has 1 saturated heterocycles. The van der Waals surface area contributed by atoms with Gasteiger partial charge in [-0.05, 0) is 18.6 Å². The van der Waals surface area contributed by atoms with Crippen molar-refractivity contribution in [3.05, 3.63) is 28.2 Å². The van der Waals surface area contributed by atoms with Crippen LogP contribution in [0.5, 0.6) is 5.75 Å². The molecule has 3 rings (SSSR count). The minimum atomic E-state index is -0.763. The van der Waals surface area contributed by atoms with Crippen molar-refractivity contribution in [1.29, 1.82) is 0 Å². The van der Waals surface area contributed by atoms with Crippen molar-refractivity contribution in [1.82, 2.24) is 14.5 Å². The van der Waals surface area contributed by atoms with E-state index in [1.165, 1.54) is 16.2 Å². The third-order valence-corrected chi connectivity index (χ3v) is 4.24. The number of piperidine rings is 1. The lowest BCUT2D eigenvalue weighted by Crippen LogP contribution is -2.44. The van der Waals surface area contributed by atoms with Crippen LogP contribution >= 0.6 is 0 Å². The molecule has 0 aliphatic carbocycles. The second-order valence-corrected chi connectivity index (χ2v) is 5.65. The first-order chi connectivity index (χ1) is 12.0. The molecule has 0 bridgehead atoms. The Labute approximate surface area is 143 Å². The van der Waals surface area contributed by atoms with Crippen molar-refractivity contribution in [2.24, 2.45) is 7.05 Å². The topological polar surface area (TPSA) is 103 Å². The summed E-state index contributed by atoms with van der Waals surface area (Å²) in [4.78, 5) is 36.3. The number of aliphatic hydroxyl groups excluding tert-OH is 1. The SMILES string of the molecule is COc1ccc2c(c1C#CCO)n(C)c(=O)n2C1CCC(=O)NC1=O. The van der Waals surface area contributed by atoms with Gasteiger partial charge in [0.15, 0.2) is 0 Å². The maximum Gasteiger partial charge on any atom is 0.329 e. The van der Waals surface area contributed by atoms with Gasteiger partial charge >= 0.3 is 5.69 Å². The molecule has 1 aliphatic heterocycles. The number of hydrogen-bond acceptors (Lipinski definition) is 5. The molecule has 0 saturated carbocycles. The first kappa shape index (κ1) is 16.8. The van der Waals surface area contributed by atoms with Gasteiger partial charge in [-0.15, -0.1) is 0 Å². The average molecular weight is 343 g/mol. The maximum absolute atomic E-state index is 12.8. The predicted molar refractivity (Wildman–Crippen MR) is 89.1 cm³/mol. The summed E-state index contributed by atoms with van der Waals surface area (Å²) in [7, 11) is 3.07. The van der Waals surface area contributed by atoms with Crippen LogP contribution in [0.3, 0.4) is 0 Å². The van der Waals surface area contributed by atoms with Gasteiger partial charge in [0, 0.05) is 13.5 Å². The number of rotatable bonds is 2. The Morgan fingerprint density at radius 3 is 2.76 bits per heavy atom. The number of carbonyl (C=O) groups excluding carboxylic acids is 2. The lowest BCUT2D eigenvalue weighted by Gasteiger charge is -2.22. The quantitative estimate of drug-likeness (QED) is 0.574. The summed E-state index contributed by atoms with van der Waals surface area (Å²) in [5.41, 5.74) is 1.10. The van der Waals surface area contributed by atoms with Gasteiger partial charge in [0.2, 0.25) is 11.8 Å². The van der Waals surface area contributed by atoms with Crippen LogP contribution in [0.1, 0.15) is 24.4 Å². The van der Waals surface area contributed by atoms with E-state index in [0.29, 0.717) is 22.3 Å². The predicted octanol–water partition coefficient (Wildman–Crippen LogP) is -0.330. The highest BCUT2D eigenvalue weighted by atomic mass is 16.5. The van der Waals surface area contributed by atoms with Gasteiger partial charge in [-0.3, -0.25) is 24.0 Å². The number of carbonyl (C=O) groups is 2. The number of ether oxygens (including phenoxy) is 1. The third-order valence-electron chi connectivity index (χ3n) is 4.24. The molecule has 0 spiro atoms. The van der Waals surface area contributed by atoms with Crippen molar-refractivity contribution in [2.75, 3.05) is 13.7 Å². The van der Waals surface area contributed by atoms with E-state index in [1.807, 2.05) is 0 Å². The first-order valence-electron chi connectivity index (χ1n) is 7.71. The summed E-state index contributed by atoms with van der Waals surface area (Å²) in [6.45, 7) is -0.332. The fourth-order valence-electron chi connectivity index (χ4n) is 3.10. The van der Waals surface area contributed by atoms with Gasteiger partial charge in [-0.2, -0.15) is 0 Å². The number of nitrogens with zero attached hydrogens (tertiary/aromatic N) is 2. The number of aromatic nitrogens is 2. The zero-order chi connectivity index (χ0) is 18.1. The Kier molecular flexibility index (Phi) is 4.33. The van der Waals surface area contributed by atoms with Gasteiger partial charge in [-0.1, -0.05) is 11.8 Å². The number of methoxy groups -OCH3 is 1. The number of imide groups is 1. The number of fused-ring (bicyclic) bond motifs is 1. The van der Waals surface area contributed by atoms with Crippen LogP contribution < -0.4 is 15.7 Å². The Morgan fingerprint density at radius 1 is 1.36 bits per heavy atom. The number of aryl methyl sites for hydroxylation is 1. The van der Waals surface area contributed by atoms with Crippen LogP contribution in [0.15, 0.2) is 16.9 Å². The van der Waals surface area contributed by atoms with Crippen LogP contribution in [0.25, 0.3) is 11.0 Å². The summed E-state index contributed by atoms with van der Waals surface area (Å²) >= 11 is 0. The Balaban J connectivity index is 2.29. The molecule has 2 heterocycles. The van der Waals surface area contributed by atoms with Crippen LogP contribution in [0.2, 0.25) is 0 Å². The minimum absolute atomic E-state index is 0.173. The Hall–Kier alpha value is -3.05. The molecule has 2 N–H and O–H groups in total. The molecule has 130 valence electrons. The first-order valence-corrected chi connectivity index (χ1v) is 7.71. The highest BCUT2D eigenvalue weighted by Gasteiger charge is 2.31. The van der Waals surface area contributed by atoms with Gasteiger partial charge in [0.1, 0.15) is 18.4 Å². The second kappa shape index (κ2) is 6.45. The van der Waals surface area contributed by atoms with Crippen molar-refractivity contribution >= 4 is 22.8 Å². The summed E-state index contributed by atoms with van der Waals surface area (Å²) in [5, 5.41) is 11.3. The number of aliphatic hydroxyl groups is 1. The Morgan fingerprint density at radius 2 is 2.12 bits per heavy atom. The van der Waals surface area contributed by atoms with Crippen LogP contribution in [0.4, 0.5) is 0 Å². The molecule has 1 unspecified atom stereocenters. The van der Waals surface area contributed by atoms with Gasteiger partial charge < -0.3 is 9.84 Å². The third kappa shape index (κ3) is 2.68. The lowest BCUT2D eigenvalue weighted by atomic mass is 10.1. The van der Waals surface area contributed by atoms with Gasteiger partial charge in [0.05, 0.1) is 23.7 Å². The highest BCUT2D eigenvalue weighted by Crippen LogP contribution is 2.29. The fraction of sp³-hybridized carbons (Fsp3) is 0.353. The number of nitrogens with one attached hydrogen (secondary N) is 1. The van der Waals surface area contributed by atoms with Gasteiger partial charge in [-0.25, -0.2) is 4.79 Å². The van der Waals surface area contributed by atoms with Crippen LogP contribution in [0, 0.1) is 11.8 Å². The molecule has 0 radical (unpaired) electrons. The normalized spacial score (nSPS) is 17.2. The molecule has 1 aromatic heterocycles. The number of hydrogen-bond donors (Lipinski definition) is 2. The molecule has 1 fully saturated rings. The second-order valence-electron chi connectivity index (χ2n) is 5.65. The van der Waals surface area contributed by atoms with Gasteiger partial charge in [0.25, 0.3) is 0 Å². The number of benzene rings is 1. The zero-order valence-corrected chi connectivity index (χ0v) is 13.8. The minimum Gasteiger partial charge on any atom is -0.495 e. The average Bonchev–Trinajstić information content (AvgIpc) is 2.84. The molecule has 25 heavy (non-hydrogen) atoms. The molecular weight excluding hydrogens is 326 g/mol. The van der Waals surface area contributed by atoms with Crippen molar-refractivity contribution in [3.63, 3.8) is 0 Å². The lowest BCUT2D eigenvalue weighted by molar-refractivity contribution is -0.135. The largest absolute Gasteiger partial charge is 0.495 e. The summed E-state index contributed by atoms with van der Waals surface area (Å²) in [6.07, 6.45) is 0.430. The summed E-state index contributed by atoms with van der Waals surface area (Å²) < 4.78 is 8.07. The molecule has 2 aromatic rings. The molecule has 1 aliphatic rings. The van der Waals surface area contributed by atoms with E-state index >= 15 is 0 Å². The van der Waals surface area contributed by atoms with Crippen molar-refractivity contribution in [2.45, 2.75) is 18.9 Å². The Bertz CT molecular complexity index is 990. The summed E-state index contributed by atoms with van der Waals surface area (Å²) in [5.74, 6) is 4.99. The number of imidazole rings is 1. The summed E-state index contributed by atoms with van der Waals surface area (Å²) in [6, 6.07) is 2.58. The van der Waals surface area contributed by atoms with E-state index in [2.05, 4.69) is 17.2 Å². The number of amides is 2. The fourth-order valence-corrected chi connectivity index (χ4v) is 3.10. The van der Waals surface area contributed by atoms with Crippen LogP contribution in [-0.2, 0) is 16.6 Å². The standard InChI is InChI=1S/C17H17N3O5/c1-19-15-10(4-3-9-21)13(25-2)7-5-11(15)20(17(19)24)12-6-8-14(22)18-16(12)23/h5,7,12,21H,6,8-9H2,1-2H3,(H,18,22,23). The van der Waals surface area contributed by atoms with E-state index in [1.54, 1.807) is 19.2 Å². The molecule has 1 aromatic carbocycles. The van der Waals surface area contributed by atoms with E-state index in [9.17, 15) is 14.4 Å². The maximum atomic E-state index is 12.8. The van der Waals surface area contributed by atoms with Crippen molar-refractivity contribution in [3.8, 4) is 17.6 Å². The van der Waals surface area contributed by atoms with E-state index in [0.717, 1.165) is 0 Å². The smallest absolute Gasteiger partial charge is 0.329 e. The molecule has 8 heteroatoms. The van der Waals surface area contributed by atoms with E-state index in [-0.39, 0.29) is 31.0 Å². The van der Waals surface area contributed by atoms with E-state index < -0.39 is 11.9 Å². The van der Waals surface area contributed by atoms with Crippen LogP contribution in [-0.4, -0.2) is 39.8 Å². The van der Waals surface area contributed by atoms with E-state index in [4.69, 9.17) is 9.84 Å². The molecule has 2 amide bonds. The highest BCUT2D eigenvalue weighted by molar-refractivity contribution is 6.00. The monoisotopic (exact) mass is 343 g/mol.